The van der Waals surface area contributed by atoms with E-state index >= 15 is 0 Å². The van der Waals surface area contributed by atoms with Gasteiger partial charge in [-0.1, -0.05) is 18.2 Å². The summed E-state index contributed by atoms with van der Waals surface area (Å²) < 4.78 is 15.1. The molecule has 1 saturated heterocycles. The molecule has 0 radical (unpaired) electrons. The van der Waals surface area contributed by atoms with Crippen LogP contribution in [0.2, 0.25) is 0 Å². The van der Waals surface area contributed by atoms with Gasteiger partial charge in [-0.2, -0.15) is 0 Å². The molecule has 5 nitrogen and oxygen atoms in total. The van der Waals surface area contributed by atoms with Gasteiger partial charge in [0.2, 0.25) is 0 Å². The first-order valence-corrected chi connectivity index (χ1v) is 7.82. The minimum Gasteiger partial charge on any atom is -0.392 e. The Labute approximate surface area is 137 Å². The van der Waals surface area contributed by atoms with E-state index in [0.717, 1.165) is 0 Å². The zero-order valence-electron chi connectivity index (χ0n) is 12.8. The molecule has 2 heterocycles. The van der Waals surface area contributed by atoms with Crippen LogP contribution in [0.4, 0.5) is 4.39 Å². The van der Waals surface area contributed by atoms with E-state index in [1.807, 2.05) is 30.3 Å². The Morgan fingerprint density at radius 1 is 1.21 bits per heavy atom. The van der Waals surface area contributed by atoms with E-state index in [1.165, 1.54) is 22.8 Å². The number of hydrogen-bond acceptors (Lipinski definition) is 4. The van der Waals surface area contributed by atoms with Crippen molar-refractivity contribution < 1.29 is 9.50 Å². The molecule has 0 saturated carbocycles. The summed E-state index contributed by atoms with van der Waals surface area (Å²) in [6.07, 6.45) is 0.00596. The third kappa shape index (κ3) is 2.50. The lowest BCUT2D eigenvalue weighted by Gasteiger charge is -2.18. The molecule has 1 aliphatic rings. The number of aliphatic hydroxyl groups excluding tert-OH is 1. The van der Waals surface area contributed by atoms with Crippen molar-refractivity contribution in [3.05, 3.63) is 70.5 Å². The van der Waals surface area contributed by atoms with Gasteiger partial charge in [0.25, 0.3) is 5.56 Å². The van der Waals surface area contributed by atoms with Gasteiger partial charge in [0, 0.05) is 6.54 Å². The van der Waals surface area contributed by atoms with Crippen LogP contribution in [-0.2, 0) is 0 Å². The Kier molecular flexibility index (Phi) is 3.63. The minimum atomic E-state index is -0.472. The highest BCUT2D eigenvalue weighted by Crippen LogP contribution is 2.25. The van der Waals surface area contributed by atoms with Crippen LogP contribution in [0, 0.1) is 5.82 Å². The van der Waals surface area contributed by atoms with Crippen LogP contribution in [0.5, 0.6) is 0 Å². The number of aliphatic hydroxyl groups is 1. The smallest absolute Gasteiger partial charge is 0.266 e. The standard InChI is InChI=1S/C18H16FN3O2/c19-11-6-7-15-14(8-11)18(24)22(12-4-2-1-3-5-12)17(21-15)16-9-13(23)10-20-16/h1-8,13,16,20,23H,9-10H2/t13-,16-/m1/s1. The Hall–Kier alpha value is -2.57. The Bertz CT molecular complexity index is 956. The maximum absolute atomic E-state index is 13.6. The zero-order chi connectivity index (χ0) is 16.7. The number of nitrogens with zero attached hydrogens (tertiary/aromatic N) is 2. The summed E-state index contributed by atoms with van der Waals surface area (Å²) in [5.41, 5.74) is 0.801. The van der Waals surface area contributed by atoms with Gasteiger partial charge in [-0.05, 0) is 36.8 Å². The molecule has 1 aromatic heterocycles. The number of para-hydroxylation sites is 1. The maximum Gasteiger partial charge on any atom is 0.266 e. The van der Waals surface area contributed by atoms with Crippen molar-refractivity contribution in [1.82, 2.24) is 14.9 Å². The van der Waals surface area contributed by atoms with E-state index in [0.29, 0.717) is 30.0 Å². The van der Waals surface area contributed by atoms with Crippen molar-refractivity contribution in [1.29, 1.82) is 0 Å². The molecule has 3 aromatic rings. The second kappa shape index (κ2) is 5.81. The Morgan fingerprint density at radius 3 is 2.71 bits per heavy atom. The number of hydrogen-bond donors (Lipinski definition) is 2. The van der Waals surface area contributed by atoms with Gasteiger partial charge >= 0.3 is 0 Å². The summed E-state index contributed by atoms with van der Waals surface area (Å²) in [6, 6.07) is 12.9. The summed E-state index contributed by atoms with van der Waals surface area (Å²) in [4.78, 5) is 17.6. The molecule has 2 aromatic carbocycles. The average Bonchev–Trinajstić information content (AvgIpc) is 3.02. The number of fused-ring (bicyclic) bond motifs is 1. The van der Waals surface area contributed by atoms with Gasteiger partial charge in [0.15, 0.2) is 0 Å². The lowest BCUT2D eigenvalue weighted by Crippen LogP contribution is -2.28. The molecule has 2 N–H and O–H groups in total. The predicted molar refractivity (Wildman–Crippen MR) is 88.7 cm³/mol. The SMILES string of the molecule is O=c1c2cc(F)ccc2nc([C@H]2C[C@@H](O)CN2)n1-c1ccccc1. The van der Waals surface area contributed by atoms with Crippen molar-refractivity contribution >= 4 is 10.9 Å². The highest BCUT2D eigenvalue weighted by molar-refractivity contribution is 5.78. The van der Waals surface area contributed by atoms with Crippen LogP contribution in [0.1, 0.15) is 18.3 Å². The second-order valence-electron chi connectivity index (χ2n) is 5.96. The highest BCUT2D eigenvalue weighted by atomic mass is 19.1. The first kappa shape index (κ1) is 15.0. The third-order valence-corrected chi connectivity index (χ3v) is 4.29. The molecule has 0 unspecified atom stereocenters. The number of halogens is 1. The van der Waals surface area contributed by atoms with E-state index in [2.05, 4.69) is 10.3 Å². The maximum atomic E-state index is 13.6. The molecule has 1 aliphatic heterocycles. The van der Waals surface area contributed by atoms with Crippen LogP contribution < -0.4 is 10.9 Å². The number of nitrogens with one attached hydrogen (secondary N) is 1. The first-order chi connectivity index (χ1) is 11.6. The van der Waals surface area contributed by atoms with E-state index in [4.69, 9.17) is 0 Å². The lowest BCUT2D eigenvalue weighted by atomic mass is 10.1. The highest BCUT2D eigenvalue weighted by Gasteiger charge is 2.28. The molecule has 122 valence electrons. The van der Waals surface area contributed by atoms with Crippen molar-refractivity contribution in [3.63, 3.8) is 0 Å². The van der Waals surface area contributed by atoms with Crippen LogP contribution >= 0.6 is 0 Å². The van der Waals surface area contributed by atoms with Gasteiger partial charge < -0.3 is 10.4 Å². The summed E-state index contributed by atoms with van der Waals surface area (Å²) >= 11 is 0. The second-order valence-corrected chi connectivity index (χ2v) is 5.96. The fourth-order valence-electron chi connectivity index (χ4n) is 3.15. The van der Waals surface area contributed by atoms with Gasteiger partial charge in [0.1, 0.15) is 11.6 Å². The third-order valence-electron chi connectivity index (χ3n) is 4.29. The summed E-state index contributed by atoms with van der Waals surface area (Å²) in [6.45, 7) is 0.455. The molecule has 24 heavy (non-hydrogen) atoms. The lowest BCUT2D eigenvalue weighted by molar-refractivity contribution is 0.193. The quantitative estimate of drug-likeness (QED) is 0.755. The van der Waals surface area contributed by atoms with Crippen LogP contribution in [0.25, 0.3) is 16.6 Å². The molecule has 2 atom stereocenters. The zero-order valence-corrected chi connectivity index (χ0v) is 12.8. The van der Waals surface area contributed by atoms with Crippen molar-refractivity contribution in [2.24, 2.45) is 0 Å². The summed E-state index contributed by atoms with van der Waals surface area (Å²) in [5, 5.41) is 13.2. The van der Waals surface area contributed by atoms with Gasteiger partial charge in [-0.25, -0.2) is 9.37 Å². The van der Waals surface area contributed by atoms with E-state index < -0.39 is 11.9 Å². The van der Waals surface area contributed by atoms with E-state index in [1.54, 1.807) is 0 Å². The number of aromatic nitrogens is 2. The monoisotopic (exact) mass is 325 g/mol. The van der Waals surface area contributed by atoms with Gasteiger partial charge in [-0.15, -0.1) is 0 Å². The Morgan fingerprint density at radius 2 is 2.00 bits per heavy atom. The molecule has 6 heteroatoms. The summed E-state index contributed by atoms with van der Waals surface area (Å²) in [7, 11) is 0. The number of rotatable bonds is 2. The molecule has 4 rings (SSSR count). The van der Waals surface area contributed by atoms with Crippen LogP contribution in [-0.4, -0.2) is 27.3 Å². The molecule has 0 spiro atoms. The predicted octanol–water partition coefficient (Wildman–Crippen LogP) is 1.92. The molecule has 0 bridgehead atoms. The van der Waals surface area contributed by atoms with Crippen molar-refractivity contribution in [2.45, 2.75) is 18.6 Å². The largest absolute Gasteiger partial charge is 0.392 e. The van der Waals surface area contributed by atoms with Crippen molar-refractivity contribution in [2.75, 3.05) is 6.54 Å². The fourth-order valence-corrected chi connectivity index (χ4v) is 3.15. The van der Waals surface area contributed by atoms with Crippen LogP contribution in [0.3, 0.4) is 0 Å². The number of benzene rings is 2. The van der Waals surface area contributed by atoms with Crippen LogP contribution in [0.15, 0.2) is 53.3 Å². The Balaban J connectivity index is 2.02. The molecular formula is C18H16FN3O2. The molecule has 1 fully saturated rings. The molecule has 0 aliphatic carbocycles. The first-order valence-electron chi connectivity index (χ1n) is 7.82. The van der Waals surface area contributed by atoms with E-state index in [-0.39, 0.29) is 17.0 Å². The molecule has 0 amide bonds. The molecular weight excluding hydrogens is 309 g/mol. The van der Waals surface area contributed by atoms with Gasteiger partial charge in [0.05, 0.1) is 28.7 Å². The average molecular weight is 325 g/mol. The fraction of sp³-hybridized carbons (Fsp3) is 0.222. The minimum absolute atomic E-state index is 0.234. The number of β-amino-alcohol motifs (C(OH)–C–C–N with tert-alkyl or cyclic N) is 1. The van der Waals surface area contributed by atoms with Gasteiger partial charge in [-0.3, -0.25) is 9.36 Å². The topological polar surface area (TPSA) is 67.2 Å². The summed E-state index contributed by atoms with van der Waals surface area (Å²) in [5.74, 6) is 0.0602. The normalized spacial score (nSPS) is 20.6. The van der Waals surface area contributed by atoms with Crippen molar-refractivity contribution in [3.8, 4) is 5.69 Å². The van der Waals surface area contributed by atoms with E-state index in [9.17, 15) is 14.3 Å².